The van der Waals surface area contributed by atoms with E-state index in [4.69, 9.17) is 9.84 Å². The molecule has 28 heavy (non-hydrogen) atoms. The van der Waals surface area contributed by atoms with E-state index >= 15 is 0 Å². The smallest absolute Gasteiger partial charge is 0.254 e. The number of fused-ring (bicyclic) bond motifs is 1. The molecule has 0 saturated carbocycles. The number of hydrogen-bond donors (Lipinski definition) is 1. The maximum absolute atomic E-state index is 13.3. The largest absolute Gasteiger partial charge is 0.368 e. The standard InChI is InChI=1S/C21H28N4O2.ClH/c1-24-19(16-6-4-3-5-7-16)17-8-14-25(15-9-18(17)23-24)20(26)21(27-2)10-12-22-13-11-21;/h3-7,22H,8-15H2,1-2H3;1H. The molecule has 0 bridgehead atoms. The number of carbonyl (C=O) groups is 1. The molecule has 1 amide bonds. The molecule has 152 valence electrons. The fourth-order valence-corrected chi connectivity index (χ4v) is 4.47. The number of hydrogen-bond acceptors (Lipinski definition) is 4. The van der Waals surface area contributed by atoms with Gasteiger partial charge in [-0.3, -0.25) is 9.48 Å². The van der Waals surface area contributed by atoms with Crippen molar-refractivity contribution in [1.29, 1.82) is 0 Å². The molecule has 2 aliphatic rings. The normalized spacial score (nSPS) is 18.7. The highest BCUT2D eigenvalue weighted by atomic mass is 35.5. The molecule has 1 aromatic carbocycles. The minimum atomic E-state index is -0.667. The second-order valence-electron chi connectivity index (χ2n) is 7.50. The summed E-state index contributed by atoms with van der Waals surface area (Å²) in [5.41, 5.74) is 4.07. The van der Waals surface area contributed by atoms with E-state index in [1.165, 1.54) is 16.8 Å². The number of benzene rings is 1. The minimum Gasteiger partial charge on any atom is -0.368 e. The Morgan fingerprint density at radius 1 is 1.14 bits per heavy atom. The highest BCUT2D eigenvalue weighted by Gasteiger charge is 2.42. The van der Waals surface area contributed by atoms with Gasteiger partial charge in [-0.1, -0.05) is 30.3 Å². The van der Waals surface area contributed by atoms with Crippen LogP contribution in [0, 0.1) is 0 Å². The van der Waals surface area contributed by atoms with Gasteiger partial charge in [0.2, 0.25) is 0 Å². The van der Waals surface area contributed by atoms with Crippen molar-refractivity contribution in [2.45, 2.75) is 31.3 Å². The van der Waals surface area contributed by atoms with Crippen LogP contribution in [-0.2, 0) is 29.4 Å². The van der Waals surface area contributed by atoms with Crippen LogP contribution in [0.15, 0.2) is 30.3 Å². The lowest BCUT2D eigenvalue weighted by Gasteiger charge is -2.38. The Labute approximate surface area is 172 Å². The number of halogens is 1. The maximum Gasteiger partial charge on any atom is 0.254 e. The maximum atomic E-state index is 13.3. The summed E-state index contributed by atoms with van der Waals surface area (Å²) in [4.78, 5) is 15.3. The Morgan fingerprint density at radius 3 is 2.50 bits per heavy atom. The van der Waals surface area contributed by atoms with Gasteiger partial charge in [-0.15, -0.1) is 12.4 Å². The van der Waals surface area contributed by atoms with Gasteiger partial charge in [0.15, 0.2) is 0 Å². The number of carbonyl (C=O) groups excluding carboxylic acids is 1. The van der Waals surface area contributed by atoms with E-state index in [-0.39, 0.29) is 18.3 Å². The number of aromatic nitrogens is 2. The minimum absolute atomic E-state index is 0. The van der Waals surface area contributed by atoms with E-state index in [0.29, 0.717) is 6.54 Å². The molecule has 0 radical (unpaired) electrons. The summed E-state index contributed by atoms with van der Waals surface area (Å²) >= 11 is 0. The van der Waals surface area contributed by atoms with E-state index in [1.807, 2.05) is 22.7 Å². The van der Waals surface area contributed by atoms with Crippen molar-refractivity contribution < 1.29 is 9.53 Å². The fraction of sp³-hybridized carbons (Fsp3) is 0.524. The van der Waals surface area contributed by atoms with Crippen molar-refractivity contribution in [2.24, 2.45) is 7.05 Å². The van der Waals surface area contributed by atoms with Crippen molar-refractivity contribution in [2.75, 3.05) is 33.3 Å². The van der Waals surface area contributed by atoms with Gasteiger partial charge in [-0.25, -0.2) is 0 Å². The van der Waals surface area contributed by atoms with E-state index in [0.717, 1.165) is 51.0 Å². The number of piperidine rings is 1. The van der Waals surface area contributed by atoms with Gasteiger partial charge in [0, 0.05) is 44.8 Å². The molecule has 1 aromatic heterocycles. The number of aryl methyl sites for hydroxylation is 1. The molecule has 3 heterocycles. The summed E-state index contributed by atoms with van der Waals surface area (Å²) in [5.74, 6) is 0.141. The second-order valence-corrected chi connectivity index (χ2v) is 7.50. The third-order valence-corrected chi connectivity index (χ3v) is 6.00. The zero-order chi connectivity index (χ0) is 18.9. The Hall–Kier alpha value is -1.89. The Kier molecular flexibility index (Phi) is 6.43. The van der Waals surface area contributed by atoms with Crippen LogP contribution in [0.25, 0.3) is 11.3 Å². The molecule has 1 saturated heterocycles. The number of nitrogens with zero attached hydrogens (tertiary/aromatic N) is 3. The lowest BCUT2D eigenvalue weighted by Crippen LogP contribution is -2.55. The highest BCUT2D eigenvalue weighted by molar-refractivity contribution is 5.86. The zero-order valence-electron chi connectivity index (χ0n) is 16.6. The third-order valence-electron chi connectivity index (χ3n) is 6.00. The number of ether oxygens (including phenoxy) is 1. The summed E-state index contributed by atoms with van der Waals surface area (Å²) in [5, 5.41) is 8.09. The lowest BCUT2D eigenvalue weighted by molar-refractivity contribution is -0.158. The first-order chi connectivity index (χ1) is 13.1. The van der Waals surface area contributed by atoms with Crippen LogP contribution in [0.1, 0.15) is 24.1 Å². The molecular weight excluding hydrogens is 376 g/mol. The summed E-state index contributed by atoms with van der Waals surface area (Å²) in [6.07, 6.45) is 3.10. The first-order valence-corrected chi connectivity index (χ1v) is 9.80. The van der Waals surface area contributed by atoms with Gasteiger partial charge in [-0.2, -0.15) is 5.10 Å². The monoisotopic (exact) mass is 404 g/mol. The van der Waals surface area contributed by atoms with E-state index in [1.54, 1.807) is 7.11 Å². The van der Waals surface area contributed by atoms with Gasteiger partial charge in [-0.05, 0) is 32.4 Å². The Balaban J connectivity index is 0.00000225. The molecular formula is C21H29ClN4O2. The average Bonchev–Trinajstić information content (AvgIpc) is 2.89. The van der Waals surface area contributed by atoms with E-state index in [9.17, 15) is 4.79 Å². The van der Waals surface area contributed by atoms with Crippen LogP contribution in [0.3, 0.4) is 0 Å². The molecule has 1 N–H and O–H groups in total. The quantitative estimate of drug-likeness (QED) is 0.852. The lowest BCUT2D eigenvalue weighted by atomic mass is 9.90. The van der Waals surface area contributed by atoms with Crippen LogP contribution in [0.2, 0.25) is 0 Å². The average molecular weight is 405 g/mol. The molecule has 2 aromatic rings. The van der Waals surface area contributed by atoms with Crippen molar-refractivity contribution in [3.05, 3.63) is 41.6 Å². The Morgan fingerprint density at radius 2 is 1.82 bits per heavy atom. The second kappa shape index (κ2) is 8.64. The van der Waals surface area contributed by atoms with Crippen molar-refractivity contribution >= 4 is 18.3 Å². The van der Waals surface area contributed by atoms with Crippen molar-refractivity contribution in [3.8, 4) is 11.3 Å². The summed E-state index contributed by atoms with van der Waals surface area (Å²) in [6, 6.07) is 10.4. The van der Waals surface area contributed by atoms with Gasteiger partial charge in [0.1, 0.15) is 5.60 Å². The Bertz CT molecular complexity index is 815. The molecule has 4 rings (SSSR count). The summed E-state index contributed by atoms with van der Waals surface area (Å²) in [7, 11) is 3.68. The summed E-state index contributed by atoms with van der Waals surface area (Å²) < 4.78 is 7.74. The molecule has 0 unspecified atom stereocenters. The molecule has 1 fully saturated rings. The van der Waals surface area contributed by atoms with Gasteiger partial charge < -0.3 is 15.0 Å². The van der Waals surface area contributed by atoms with E-state index in [2.05, 4.69) is 29.6 Å². The molecule has 0 atom stereocenters. The number of methoxy groups -OCH3 is 1. The first-order valence-electron chi connectivity index (χ1n) is 9.80. The van der Waals surface area contributed by atoms with Crippen LogP contribution in [-0.4, -0.2) is 59.5 Å². The van der Waals surface area contributed by atoms with Crippen LogP contribution in [0.5, 0.6) is 0 Å². The van der Waals surface area contributed by atoms with Crippen molar-refractivity contribution in [3.63, 3.8) is 0 Å². The van der Waals surface area contributed by atoms with E-state index < -0.39 is 5.60 Å². The van der Waals surface area contributed by atoms with Gasteiger partial charge >= 0.3 is 0 Å². The molecule has 2 aliphatic heterocycles. The topological polar surface area (TPSA) is 59.4 Å². The van der Waals surface area contributed by atoms with Crippen molar-refractivity contribution in [1.82, 2.24) is 20.0 Å². The molecule has 6 nitrogen and oxygen atoms in total. The SMILES string of the molecule is COC1(C(=O)N2CCc3nn(C)c(-c4ccccc4)c3CC2)CCNCC1.Cl. The summed E-state index contributed by atoms with van der Waals surface area (Å²) in [6.45, 7) is 3.08. The zero-order valence-corrected chi connectivity index (χ0v) is 17.4. The van der Waals surface area contributed by atoms with Crippen LogP contribution >= 0.6 is 12.4 Å². The first kappa shape index (κ1) is 20.8. The third kappa shape index (κ3) is 3.69. The van der Waals surface area contributed by atoms with Crippen LogP contribution < -0.4 is 5.32 Å². The number of amides is 1. The predicted molar refractivity (Wildman–Crippen MR) is 112 cm³/mol. The van der Waals surface area contributed by atoms with Gasteiger partial charge in [0.25, 0.3) is 5.91 Å². The molecule has 0 spiro atoms. The molecule has 0 aliphatic carbocycles. The predicted octanol–water partition coefficient (Wildman–Crippen LogP) is 2.20. The highest BCUT2D eigenvalue weighted by Crippen LogP contribution is 2.30. The molecule has 7 heteroatoms. The van der Waals surface area contributed by atoms with Gasteiger partial charge in [0.05, 0.1) is 11.4 Å². The number of nitrogens with one attached hydrogen (secondary N) is 1. The van der Waals surface area contributed by atoms with Crippen LogP contribution in [0.4, 0.5) is 0 Å². The fourth-order valence-electron chi connectivity index (χ4n) is 4.47. The number of rotatable bonds is 3.